The van der Waals surface area contributed by atoms with Crippen molar-refractivity contribution >= 4 is 23.4 Å². The molecule has 2 rings (SSSR count). The van der Waals surface area contributed by atoms with Crippen molar-refractivity contribution in [3.8, 4) is 5.75 Å². The number of nitrogens with zero attached hydrogens (tertiary/aromatic N) is 1. The molecule has 132 valence electrons. The van der Waals surface area contributed by atoms with E-state index in [4.69, 9.17) is 16.3 Å². The number of ether oxygens (including phenoxy) is 1. The number of likely N-dealkylation sites (tertiary alicyclic amines) is 1. The maximum Gasteiger partial charge on any atom is 0.260 e. The fourth-order valence-electron chi connectivity index (χ4n) is 2.63. The highest BCUT2D eigenvalue weighted by molar-refractivity contribution is 6.30. The Bertz CT molecular complexity index is 573. The van der Waals surface area contributed by atoms with Gasteiger partial charge >= 0.3 is 0 Å². The lowest BCUT2D eigenvalue weighted by Gasteiger charge is -2.33. The number of nitrogens with one attached hydrogen (secondary N) is 1. The first kappa shape index (κ1) is 18.6. The molecule has 1 aromatic carbocycles. The SMILES string of the molecule is CC(C)(C)NC(=O)C1CCN(C(=O)COc2ccc(Cl)cc2)CC1. The molecule has 0 unspecified atom stereocenters. The molecule has 0 spiro atoms. The van der Waals surface area contributed by atoms with E-state index in [0.717, 1.165) is 0 Å². The lowest BCUT2D eigenvalue weighted by Crippen LogP contribution is -2.48. The summed E-state index contributed by atoms with van der Waals surface area (Å²) in [6.45, 7) is 7.09. The lowest BCUT2D eigenvalue weighted by atomic mass is 9.94. The number of carbonyl (C=O) groups excluding carboxylic acids is 2. The van der Waals surface area contributed by atoms with E-state index in [9.17, 15) is 9.59 Å². The summed E-state index contributed by atoms with van der Waals surface area (Å²) in [5, 5.41) is 3.64. The molecule has 1 aliphatic rings. The van der Waals surface area contributed by atoms with Gasteiger partial charge in [0.1, 0.15) is 5.75 Å². The summed E-state index contributed by atoms with van der Waals surface area (Å²) in [4.78, 5) is 26.2. The molecule has 6 heteroatoms. The highest BCUT2D eigenvalue weighted by Gasteiger charge is 2.29. The molecule has 0 radical (unpaired) electrons. The minimum Gasteiger partial charge on any atom is -0.484 e. The Labute approximate surface area is 148 Å². The van der Waals surface area contributed by atoms with Crippen molar-refractivity contribution < 1.29 is 14.3 Å². The number of hydrogen-bond donors (Lipinski definition) is 1. The first-order chi connectivity index (χ1) is 11.2. The number of benzene rings is 1. The van der Waals surface area contributed by atoms with Crippen LogP contribution in [0.3, 0.4) is 0 Å². The average Bonchev–Trinajstić information content (AvgIpc) is 2.52. The summed E-state index contributed by atoms with van der Waals surface area (Å²) >= 11 is 5.81. The summed E-state index contributed by atoms with van der Waals surface area (Å²) in [5.41, 5.74) is -0.226. The van der Waals surface area contributed by atoms with Gasteiger partial charge in [0.25, 0.3) is 5.91 Å². The Kier molecular flexibility index (Phi) is 6.10. The monoisotopic (exact) mass is 352 g/mol. The minimum atomic E-state index is -0.226. The Morgan fingerprint density at radius 3 is 2.33 bits per heavy atom. The molecule has 0 bridgehead atoms. The van der Waals surface area contributed by atoms with Gasteiger partial charge in [-0.3, -0.25) is 9.59 Å². The predicted molar refractivity (Wildman–Crippen MR) is 94.1 cm³/mol. The van der Waals surface area contributed by atoms with E-state index in [0.29, 0.717) is 36.7 Å². The van der Waals surface area contributed by atoms with E-state index in [1.807, 2.05) is 20.8 Å². The van der Waals surface area contributed by atoms with Crippen molar-refractivity contribution in [2.24, 2.45) is 5.92 Å². The van der Waals surface area contributed by atoms with Crippen LogP contribution in [-0.4, -0.2) is 41.9 Å². The van der Waals surface area contributed by atoms with Crippen LogP contribution in [0.15, 0.2) is 24.3 Å². The zero-order valence-electron chi connectivity index (χ0n) is 14.5. The van der Waals surface area contributed by atoms with E-state index in [1.54, 1.807) is 29.2 Å². The van der Waals surface area contributed by atoms with Gasteiger partial charge < -0.3 is 15.0 Å². The summed E-state index contributed by atoms with van der Waals surface area (Å²) in [6, 6.07) is 6.92. The van der Waals surface area contributed by atoms with E-state index >= 15 is 0 Å². The minimum absolute atomic E-state index is 0.000483. The van der Waals surface area contributed by atoms with Gasteiger partial charge in [-0.05, 0) is 57.9 Å². The molecule has 1 aromatic rings. The molecular formula is C18H25ClN2O3. The van der Waals surface area contributed by atoms with Crippen LogP contribution in [0.4, 0.5) is 0 Å². The maximum absolute atomic E-state index is 12.2. The topological polar surface area (TPSA) is 58.6 Å². The van der Waals surface area contributed by atoms with Crippen LogP contribution in [-0.2, 0) is 9.59 Å². The molecule has 1 saturated heterocycles. The van der Waals surface area contributed by atoms with Crippen molar-refractivity contribution in [1.82, 2.24) is 10.2 Å². The summed E-state index contributed by atoms with van der Waals surface area (Å²) < 4.78 is 5.49. The second-order valence-corrected chi connectivity index (χ2v) is 7.57. The molecule has 0 aliphatic carbocycles. The first-order valence-electron chi connectivity index (χ1n) is 8.23. The molecule has 0 saturated carbocycles. The Balaban J connectivity index is 1.76. The summed E-state index contributed by atoms with van der Waals surface area (Å²) in [6.07, 6.45) is 1.38. The van der Waals surface area contributed by atoms with Crippen LogP contribution in [0.1, 0.15) is 33.6 Å². The molecule has 0 atom stereocenters. The molecule has 5 nitrogen and oxygen atoms in total. The number of carbonyl (C=O) groups is 2. The summed E-state index contributed by atoms with van der Waals surface area (Å²) in [5.74, 6) is 0.615. The summed E-state index contributed by atoms with van der Waals surface area (Å²) in [7, 11) is 0. The van der Waals surface area contributed by atoms with Gasteiger partial charge in [0.15, 0.2) is 6.61 Å². The third-order valence-corrected chi connectivity index (χ3v) is 4.14. The second-order valence-electron chi connectivity index (χ2n) is 7.14. The van der Waals surface area contributed by atoms with Crippen molar-refractivity contribution in [2.45, 2.75) is 39.2 Å². The van der Waals surface area contributed by atoms with Crippen molar-refractivity contribution in [3.63, 3.8) is 0 Å². The van der Waals surface area contributed by atoms with E-state index in [-0.39, 0.29) is 29.9 Å². The molecule has 1 N–H and O–H groups in total. The van der Waals surface area contributed by atoms with Crippen molar-refractivity contribution in [3.05, 3.63) is 29.3 Å². The van der Waals surface area contributed by atoms with E-state index < -0.39 is 0 Å². The number of hydrogen-bond acceptors (Lipinski definition) is 3. The Morgan fingerprint density at radius 1 is 1.21 bits per heavy atom. The third-order valence-electron chi connectivity index (χ3n) is 3.89. The number of amides is 2. The lowest BCUT2D eigenvalue weighted by molar-refractivity contribution is -0.137. The molecule has 1 heterocycles. The standard InChI is InChI=1S/C18H25ClN2O3/c1-18(2,3)20-17(23)13-8-10-21(11-9-13)16(22)12-24-15-6-4-14(19)5-7-15/h4-7,13H,8-12H2,1-3H3,(H,20,23). The van der Waals surface area contributed by atoms with Crippen LogP contribution >= 0.6 is 11.6 Å². The molecule has 2 amide bonds. The van der Waals surface area contributed by atoms with Crippen LogP contribution in [0.2, 0.25) is 5.02 Å². The Hall–Kier alpha value is -1.75. The predicted octanol–water partition coefficient (Wildman–Crippen LogP) is 2.87. The van der Waals surface area contributed by atoms with Gasteiger partial charge in [0, 0.05) is 29.6 Å². The molecule has 0 aromatic heterocycles. The van der Waals surface area contributed by atoms with Crippen LogP contribution in [0, 0.1) is 5.92 Å². The normalized spacial score (nSPS) is 15.9. The quantitative estimate of drug-likeness (QED) is 0.906. The van der Waals surface area contributed by atoms with Crippen molar-refractivity contribution in [1.29, 1.82) is 0 Å². The average molecular weight is 353 g/mol. The van der Waals surface area contributed by atoms with Gasteiger partial charge in [-0.25, -0.2) is 0 Å². The second kappa shape index (κ2) is 7.88. The van der Waals surface area contributed by atoms with Gasteiger partial charge in [0.2, 0.25) is 5.91 Å². The van der Waals surface area contributed by atoms with E-state index in [2.05, 4.69) is 5.32 Å². The smallest absolute Gasteiger partial charge is 0.260 e. The largest absolute Gasteiger partial charge is 0.484 e. The molecule has 1 aliphatic heterocycles. The van der Waals surface area contributed by atoms with Gasteiger partial charge in [-0.2, -0.15) is 0 Å². The number of halogens is 1. The zero-order valence-corrected chi connectivity index (χ0v) is 15.2. The maximum atomic E-state index is 12.2. The molecule has 24 heavy (non-hydrogen) atoms. The molecular weight excluding hydrogens is 328 g/mol. The number of rotatable bonds is 4. The van der Waals surface area contributed by atoms with Crippen LogP contribution in [0.25, 0.3) is 0 Å². The Morgan fingerprint density at radius 2 is 1.79 bits per heavy atom. The third kappa shape index (κ3) is 5.71. The van der Waals surface area contributed by atoms with Crippen LogP contribution in [0.5, 0.6) is 5.75 Å². The van der Waals surface area contributed by atoms with Gasteiger partial charge in [0.05, 0.1) is 0 Å². The first-order valence-corrected chi connectivity index (χ1v) is 8.60. The fraction of sp³-hybridized carbons (Fsp3) is 0.556. The number of piperidine rings is 1. The fourth-order valence-corrected chi connectivity index (χ4v) is 2.76. The van der Waals surface area contributed by atoms with Gasteiger partial charge in [-0.1, -0.05) is 11.6 Å². The van der Waals surface area contributed by atoms with Crippen molar-refractivity contribution in [2.75, 3.05) is 19.7 Å². The van der Waals surface area contributed by atoms with E-state index in [1.165, 1.54) is 0 Å². The highest BCUT2D eigenvalue weighted by Crippen LogP contribution is 2.19. The van der Waals surface area contributed by atoms with Crippen LogP contribution < -0.4 is 10.1 Å². The zero-order chi connectivity index (χ0) is 17.7. The highest BCUT2D eigenvalue weighted by atomic mass is 35.5. The molecule has 1 fully saturated rings. The van der Waals surface area contributed by atoms with Gasteiger partial charge in [-0.15, -0.1) is 0 Å².